The molecule has 0 aromatic carbocycles. The minimum Gasteiger partial charge on any atom is -0.338 e. The Morgan fingerprint density at radius 3 is 2.82 bits per heavy atom. The standard InChI is InChI=1S/C10H15N3O3S/c14-17(15)5-4-11-8(6-17)10-12-9(13-16-10)7-2-1-3-7/h7-8,11H,1-6H2. The summed E-state index contributed by atoms with van der Waals surface area (Å²) in [7, 11) is -2.97. The zero-order chi connectivity index (χ0) is 11.9. The average Bonchev–Trinajstić information content (AvgIpc) is 2.62. The molecule has 6 nitrogen and oxygen atoms in total. The van der Waals surface area contributed by atoms with Crippen molar-refractivity contribution in [1.29, 1.82) is 0 Å². The van der Waals surface area contributed by atoms with E-state index in [2.05, 4.69) is 15.5 Å². The molecule has 1 unspecified atom stereocenters. The summed E-state index contributed by atoms with van der Waals surface area (Å²) in [6.07, 6.45) is 3.43. The molecule has 1 aliphatic heterocycles. The highest BCUT2D eigenvalue weighted by atomic mass is 32.2. The van der Waals surface area contributed by atoms with Crippen LogP contribution in [0.5, 0.6) is 0 Å². The minimum absolute atomic E-state index is 0.0549. The van der Waals surface area contributed by atoms with E-state index in [1.807, 2.05) is 0 Å². The maximum absolute atomic E-state index is 11.5. The van der Waals surface area contributed by atoms with Crippen LogP contribution in [-0.4, -0.2) is 36.6 Å². The first-order chi connectivity index (χ1) is 8.14. The number of hydrogen-bond donors (Lipinski definition) is 1. The number of nitrogens with one attached hydrogen (secondary N) is 1. The van der Waals surface area contributed by atoms with Crippen LogP contribution >= 0.6 is 0 Å². The molecule has 1 saturated carbocycles. The largest absolute Gasteiger partial charge is 0.338 e. The Labute approximate surface area is 99.7 Å². The molecule has 2 fully saturated rings. The van der Waals surface area contributed by atoms with E-state index >= 15 is 0 Å². The molecule has 7 heteroatoms. The lowest BCUT2D eigenvalue weighted by atomic mass is 9.85. The molecular weight excluding hydrogens is 242 g/mol. The summed E-state index contributed by atoms with van der Waals surface area (Å²) in [5.74, 6) is 1.80. The van der Waals surface area contributed by atoms with Gasteiger partial charge in [-0.05, 0) is 12.8 Å². The highest BCUT2D eigenvalue weighted by Crippen LogP contribution is 2.35. The van der Waals surface area contributed by atoms with E-state index < -0.39 is 9.84 Å². The van der Waals surface area contributed by atoms with Crippen molar-refractivity contribution >= 4 is 9.84 Å². The van der Waals surface area contributed by atoms with Crippen molar-refractivity contribution in [1.82, 2.24) is 15.5 Å². The molecule has 2 heterocycles. The summed E-state index contributed by atoms with van der Waals surface area (Å²) in [5, 5.41) is 7.04. The van der Waals surface area contributed by atoms with Gasteiger partial charge in [0.15, 0.2) is 15.7 Å². The molecule has 2 aliphatic rings. The quantitative estimate of drug-likeness (QED) is 0.825. The molecule has 17 heavy (non-hydrogen) atoms. The number of rotatable bonds is 2. The summed E-state index contributed by atoms with van der Waals surface area (Å²) < 4.78 is 28.2. The summed E-state index contributed by atoms with van der Waals surface area (Å²) in [6.45, 7) is 0.453. The van der Waals surface area contributed by atoms with Crippen molar-refractivity contribution in [2.24, 2.45) is 0 Å². The lowest BCUT2D eigenvalue weighted by Gasteiger charge is -2.21. The first-order valence-electron chi connectivity index (χ1n) is 5.91. The molecule has 94 valence electrons. The van der Waals surface area contributed by atoms with Crippen LogP contribution in [0.3, 0.4) is 0 Å². The van der Waals surface area contributed by atoms with Crippen LogP contribution < -0.4 is 5.32 Å². The third kappa shape index (κ3) is 2.21. The van der Waals surface area contributed by atoms with Crippen LogP contribution in [0.2, 0.25) is 0 Å². The summed E-state index contributed by atoms with van der Waals surface area (Å²) >= 11 is 0. The van der Waals surface area contributed by atoms with Gasteiger partial charge in [0.25, 0.3) is 0 Å². The highest BCUT2D eigenvalue weighted by Gasteiger charge is 2.31. The van der Waals surface area contributed by atoms with Gasteiger partial charge >= 0.3 is 0 Å². The normalized spacial score (nSPS) is 28.8. The van der Waals surface area contributed by atoms with Gasteiger partial charge in [-0.1, -0.05) is 11.6 Å². The van der Waals surface area contributed by atoms with Gasteiger partial charge in [-0.25, -0.2) is 8.42 Å². The predicted octanol–water partition coefficient (Wildman–Crippen LogP) is 0.396. The second-order valence-electron chi connectivity index (χ2n) is 4.74. The Balaban J connectivity index is 1.77. The molecule has 1 N–H and O–H groups in total. The van der Waals surface area contributed by atoms with Crippen molar-refractivity contribution in [3.63, 3.8) is 0 Å². The summed E-state index contributed by atoms with van der Waals surface area (Å²) in [6, 6.07) is -0.338. The Hall–Kier alpha value is -0.950. The van der Waals surface area contributed by atoms with E-state index in [-0.39, 0.29) is 17.5 Å². The smallest absolute Gasteiger partial charge is 0.244 e. The van der Waals surface area contributed by atoms with Gasteiger partial charge in [0.1, 0.15) is 6.04 Å². The molecule has 0 bridgehead atoms. The number of hydrogen-bond acceptors (Lipinski definition) is 6. The number of nitrogens with zero attached hydrogens (tertiary/aromatic N) is 2. The van der Waals surface area contributed by atoms with Crippen LogP contribution in [-0.2, 0) is 9.84 Å². The maximum atomic E-state index is 11.5. The van der Waals surface area contributed by atoms with Crippen molar-refractivity contribution in [2.75, 3.05) is 18.1 Å². The predicted molar refractivity (Wildman–Crippen MR) is 60.3 cm³/mol. The molecule has 1 atom stereocenters. The maximum Gasteiger partial charge on any atom is 0.244 e. The lowest BCUT2D eigenvalue weighted by Crippen LogP contribution is -2.39. The van der Waals surface area contributed by atoms with Crippen molar-refractivity contribution in [3.05, 3.63) is 11.7 Å². The van der Waals surface area contributed by atoms with Crippen LogP contribution in [0.1, 0.15) is 42.9 Å². The zero-order valence-corrected chi connectivity index (χ0v) is 10.2. The fourth-order valence-electron chi connectivity index (χ4n) is 2.16. The third-order valence-corrected chi connectivity index (χ3v) is 5.12. The Bertz CT molecular complexity index is 507. The third-order valence-electron chi connectivity index (χ3n) is 3.45. The van der Waals surface area contributed by atoms with Crippen LogP contribution in [0.25, 0.3) is 0 Å². The first-order valence-corrected chi connectivity index (χ1v) is 7.73. The molecule has 1 saturated heterocycles. The average molecular weight is 257 g/mol. The minimum atomic E-state index is -2.97. The number of aromatic nitrogens is 2. The topological polar surface area (TPSA) is 85.1 Å². The molecule has 1 aromatic heterocycles. The highest BCUT2D eigenvalue weighted by molar-refractivity contribution is 7.91. The van der Waals surface area contributed by atoms with Gasteiger partial charge in [-0.2, -0.15) is 4.98 Å². The fourth-order valence-corrected chi connectivity index (χ4v) is 3.53. The molecule has 3 rings (SSSR count). The Morgan fingerprint density at radius 2 is 2.18 bits per heavy atom. The first kappa shape index (κ1) is 11.2. The van der Waals surface area contributed by atoms with Crippen molar-refractivity contribution in [2.45, 2.75) is 31.2 Å². The van der Waals surface area contributed by atoms with E-state index in [1.165, 1.54) is 6.42 Å². The molecule has 1 aliphatic carbocycles. The molecule has 0 amide bonds. The number of sulfone groups is 1. The SMILES string of the molecule is O=S1(=O)CCNC(c2nc(C3CCC3)no2)C1. The van der Waals surface area contributed by atoms with Gasteiger partial charge in [-0.3, -0.25) is 0 Å². The second kappa shape index (κ2) is 4.06. The molecule has 1 aromatic rings. The second-order valence-corrected chi connectivity index (χ2v) is 6.97. The zero-order valence-electron chi connectivity index (χ0n) is 9.42. The van der Waals surface area contributed by atoms with Gasteiger partial charge < -0.3 is 9.84 Å². The van der Waals surface area contributed by atoms with Crippen LogP contribution in [0.4, 0.5) is 0 Å². The summed E-state index contributed by atoms with van der Waals surface area (Å²) in [4.78, 5) is 4.32. The molecule has 0 radical (unpaired) electrons. The molecule has 0 spiro atoms. The van der Waals surface area contributed by atoms with Crippen molar-refractivity contribution < 1.29 is 12.9 Å². The Kier molecular flexibility index (Phi) is 2.67. The summed E-state index contributed by atoms with van der Waals surface area (Å²) in [5.41, 5.74) is 0. The monoisotopic (exact) mass is 257 g/mol. The fraction of sp³-hybridized carbons (Fsp3) is 0.800. The van der Waals surface area contributed by atoms with Crippen LogP contribution in [0, 0.1) is 0 Å². The van der Waals surface area contributed by atoms with E-state index in [0.717, 1.165) is 18.7 Å². The van der Waals surface area contributed by atoms with E-state index in [0.29, 0.717) is 18.4 Å². The lowest BCUT2D eigenvalue weighted by molar-refractivity contribution is 0.324. The van der Waals surface area contributed by atoms with Gasteiger partial charge in [0.05, 0.1) is 11.5 Å². The van der Waals surface area contributed by atoms with Gasteiger partial charge in [-0.15, -0.1) is 0 Å². The Morgan fingerprint density at radius 1 is 1.35 bits per heavy atom. The van der Waals surface area contributed by atoms with E-state index in [9.17, 15) is 8.42 Å². The van der Waals surface area contributed by atoms with E-state index in [4.69, 9.17) is 4.52 Å². The van der Waals surface area contributed by atoms with E-state index in [1.54, 1.807) is 0 Å². The van der Waals surface area contributed by atoms with Crippen molar-refractivity contribution in [3.8, 4) is 0 Å². The molecular formula is C10H15N3O3S. The van der Waals surface area contributed by atoms with Gasteiger partial charge in [0.2, 0.25) is 5.89 Å². The van der Waals surface area contributed by atoms with Crippen LogP contribution in [0.15, 0.2) is 4.52 Å². The van der Waals surface area contributed by atoms with Gasteiger partial charge in [0, 0.05) is 12.5 Å².